The summed E-state index contributed by atoms with van der Waals surface area (Å²) in [5, 5.41) is 9.75. The molecule has 4 aromatic rings. The number of hydrogen-bond acceptors (Lipinski definition) is 6. The molecule has 0 unspecified atom stereocenters. The van der Waals surface area contributed by atoms with Gasteiger partial charge in [-0.05, 0) is 74.1 Å². The predicted molar refractivity (Wildman–Crippen MR) is 147 cm³/mol. The number of carbonyl (C=O) groups excluding carboxylic acids is 1. The van der Waals surface area contributed by atoms with Gasteiger partial charge in [-0.1, -0.05) is 36.8 Å². The van der Waals surface area contributed by atoms with Gasteiger partial charge in [-0.25, -0.2) is 9.78 Å². The molecular formula is C31H30N2O6. The summed E-state index contributed by atoms with van der Waals surface area (Å²) in [6.07, 6.45) is 1.11. The van der Waals surface area contributed by atoms with E-state index in [1.54, 1.807) is 17.6 Å². The highest BCUT2D eigenvalue weighted by Gasteiger charge is 2.27. The number of esters is 1. The Morgan fingerprint density at radius 1 is 1.05 bits per heavy atom. The van der Waals surface area contributed by atoms with Crippen molar-refractivity contribution in [1.82, 2.24) is 9.55 Å². The van der Waals surface area contributed by atoms with Crippen molar-refractivity contribution in [2.24, 2.45) is 0 Å². The molecule has 2 aromatic heterocycles. The van der Waals surface area contributed by atoms with E-state index in [4.69, 9.17) is 14.8 Å². The highest BCUT2D eigenvalue weighted by molar-refractivity contribution is 5.89. The van der Waals surface area contributed by atoms with Crippen molar-refractivity contribution < 1.29 is 24.2 Å². The molecular weight excluding hydrogens is 496 g/mol. The lowest BCUT2D eigenvalue weighted by Crippen LogP contribution is -2.25. The van der Waals surface area contributed by atoms with E-state index in [0.717, 1.165) is 34.1 Å². The maximum Gasteiger partial charge on any atom is 0.506 e. The molecule has 8 nitrogen and oxygen atoms in total. The molecule has 1 N–H and O–H groups in total. The lowest BCUT2D eigenvalue weighted by molar-refractivity contribution is -0.134. The molecule has 1 aliphatic heterocycles. The fourth-order valence-electron chi connectivity index (χ4n) is 5.20. The van der Waals surface area contributed by atoms with Crippen LogP contribution in [0, 0.1) is 13.8 Å². The average Bonchev–Trinajstić information content (AvgIpc) is 3.26. The maximum atomic E-state index is 13.2. The van der Waals surface area contributed by atoms with Gasteiger partial charge in [0.05, 0.1) is 29.0 Å². The van der Waals surface area contributed by atoms with E-state index in [0.29, 0.717) is 48.4 Å². The molecule has 0 spiro atoms. The second-order valence-electron chi connectivity index (χ2n) is 9.90. The first-order chi connectivity index (χ1) is 18.7. The predicted octanol–water partition coefficient (Wildman–Crippen LogP) is 5.73. The number of rotatable bonds is 8. The maximum absolute atomic E-state index is 13.2. The molecule has 0 saturated carbocycles. The van der Waals surface area contributed by atoms with E-state index < -0.39 is 6.16 Å². The molecule has 200 valence electrons. The van der Waals surface area contributed by atoms with Crippen LogP contribution in [-0.4, -0.2) is 26.8 Å². The largest absolute Gasteiger partial charge is 0.506 e. The third-order valence-electron chi connectivity index (χ3n) is 7.25. The van der Waals surface area contributed by atoms with Crippen LogP contribution in [0.3, 0.4) is 0 Å². The van der Waals surface area contributed by atoms with E-state index in [-0.39, 0.29) is 18.1 Å². The van der Waals surface area contributed by atoms with Crippen LogP contribution in [0.2, 0.25) is 0 Å². The average molecular weight is 527 g/mol. The van der Waals surface area contributed by atoms with E-state index in [9.17, 15) is 14.4 Å². The summed E-state index contributed by atoms with van der Waals surface area (Å²) < 4.78 is 12.0. The zero-order valence-corrected chi connectivity index (χ0v) is 22.2. The van der Waals surface area contributed by atoms with Crippen molar-refractivity contribution in [3.05, 3.63) is 92.3 Å². The Bertz CT molecular complexity index is 1650. The minimum absolute atomic E-state index is 0.279. The number of fused-ring (bicyclic) bond motifs is 4. The number of aryl methyl sites for hydroxylation is 4. The Hall–Kier alpha value is -4.46. The minimum atomic E-state index is -1.42. The zero-order valence-electron chi connectivity index (χ0n) is 22.2. The molecule has 0 bridgehead atoms. The number of nitrogens with zero attached hydrogens (tertiary/aromatic N) is 2. The van der Waals surface area contributed by atoms with E-state index in [1.807, 2.05) is 25.1 Å². The second-order valence-corrected chi connectivity index (χ2v) is 9.90. The van der Waals surface area contributed by atoms with Crippen LogP contribution in [0.4, 0.5) is 4.79 Å². The van der Waals surface area contributed by atoms with Gasteiger partial charge in [0.25, 0.3) is 5.56 Å². The molecule has 2 aromatic carbocycles. The van der Waals surface area contributed by atoms with Crippen molar-refractivity contribution in [3.8, 4) is 17.1 Å². The van der Waals surface area contributed by atoms with Gasteiger partial charge >= 0.3 is 12.1 Å². The van der Waals surface area contributed by atoms with Crippen molar-refractivity contribution in [2.75, 3.05) is 0 Å². The van der Waals surface area contributed by atoms with Crippen LogP contribution in [0.1, 0.15) is 53.1 Å². The SMILES string of the molecule is CCc1c2c(nc3ccc(OC(=O)CCCc4ccc(C)cc4)cc13)-c1cc(C)c(COC(=O)O)c(=O)n1C2. The fourth-order valence-corrected chi connectivity index (χ4v) is 5.20. The smallest absolute Gasteiger partial charge is 0.450 e. The van der Waals surface area contributed by atoms with Crippen molar-refractivity contribution in [2.45, 2.75) is 59.6 Å². The number of benzene rings is 2. The van der Waals surface area contributed by atoms with Gasteiger partial charge in [-0.15, -0.1) is 0 Å². The number of carboxylic acid groups (broad SMARTS) is 1. The van der Waals surface area contributed by atoms with Gasteiger partial charge in [0.1, 0.15) is 12.4 Å². The summed E-state index contributed by atoms with van der Waals surface area (Å²) >= 11 is 0. The summed E-state index contributed by atoms with van der Waals surface area (Å²) in [5.41, 5.74) is 7.27. The number of carbonyl (C=O) groups is 2. The normalized spacial score (nSPS) is 11.8. The van der Waals surface area contributed by atoms with Crippen LogP contribution < -0.4 is 10.3 Å². The molecule has 0 fully saturated rings. The molecule has 3 heterocycles. The standard InChI is InChI=1S/C31H30N2O6/c1-4-22-23-15-21(39-28(34)7-5-6-20-10-8-18(2)9-11-20)12-13-26(23)32-29-24(22)16-33-27(29)14-19(3)25(30(33)35)17-38-31(36)37/h8-15H,4-7,16-17H2,1-3H3,(H,36,37). The van der Waals surface area contributed by atoms with Crippen LogP contribution in [-0.2, 0) is 35.5 Å². The Morgan fingerprint density at radius 2 is 1.82 bits per heavy atom. The summed E-state index contributed by atoms with van der Waals surface area (Å²) in [4.78, 5) is 41.5. The first kappa shape index (κ1) is 26.2. The number of aromatic nitrogens is 2. The van der Waals surface area contributed by atoms with Crippen molar-refractivity contribution >= 4 is 23.0 Å². The monoisotopic (exact) mass is 526 g/mol. The zero-order chi connectivity index (χ0) is 27.7. The third kappa shape index (κ3) is 5.27. The molecule has 0 saturated heterocycles. The highest BCUT2D eigenvalue weighted by Crippen LogP contribution is 2.37. The molecule has 0 amide bonds. The van der Waals surface area contributed by atoms with Gasteiger partial charge in [0.15, 0.2) is 0 Å². The van der Waals surface area contributed by atoms with E-state index in [2.05, 4.69) is 35.9 Å². The van der Waals surface area contributed by atoms with Crippen molar-refractivity contribution in [1.29, 1.82) is 0 Å². The van der Waals surface area contributed by atoms with Crippen LogP contribution in [0.15, 0.2) is 53.3 Å². The summed E-state index contributed by atoms with van der Waals surface area (Å²) in [6, 6.07) is 15.6. The van der Waals surface area contributed by atoms with Gasteiger partial charge in [0.2, 0.25) is 0 Å². The van der Waals surface area contributed by atoms with Gasteiger partial charge in [-0.2, -0.15) is 0 Å². The second kappa shape index (κ2) is 10.7. The van der Waals surface area contributed by atoms with Crippen LogP contribution in [0.25, 0.3) is 22.3 Å². The highest BCUT2D eigenvalue weighted by atomic mass is 16.7. The fraction of sp³-hybridized carbons (Fsp3) is 0.290. The van der Waals surface area contributed by atoms with Gasteiger partial charge in [0, 0.05) is 17.4 Å². The summed E-state index contributed by atoms with van der Waals surface area (Å²) in [6.45, 7) is 5.89. The van der Waals surface area contributed by atoms with Gasteiger partial charge < -0.3 is 19.1 Å². The van der Waals surface area contributed by atoms with Crippen molar-refractivity contribution in [3.63, 3.8) is 0 Å². The lowest BCUT2D eigenvalue weighted by atomic mass is 9.98. The summed E-state index contributed by atoms with van der Waals surface area (Å²) in [7, 11) is 0. The number of ether oxygens (including phenoxy) is 2. The van der Waals surface area contributed by atoms with E-state index >= 15 is 0 Å². The number of pyridine rings is 2. The first-order valence-corrected chi connectivity index (χ1v) is 13.1. The third-order valence-corrected chi connectivity index (χ3v) is 7.25. The molecule has 8 heteroatoms. The molecule has 0 radical (unpaired) electrons. The molecule has 5 rings (SSSR count). The van der Waals surface area contributed by atoms with Crippen LogP contribution >= 0.6 is 0 Å². The summed E-state index contributed by atoms with van der Waals surface area (Å²) in [5.74, 6) is 0.190. The molecule has 39 heavy (non-hydrogen) atoms. The quantitative estimate of drug-likeness (QED) is 0.203. The Kier molecular flexibility index (Phi) is 7.19. The molecule has 1 aliphatic rings. The minimum Gasteiger partial charge on any atom is -0.450 e. The van der Waals surface area contributed by atoms with Gasteiger partial charge in [-0.3, -0.25) is 9.59 Å². The van der Waals surface area contributed by atoms with E-state index in [1.165, 1.54) is 11.1 Å². The Labute approximate surface area is 225 Å². The Morgan fingerprint density at radius 3 is 2.54 bits per heavy atom. The number of hydrogen-bond donors (Lipinski definition) is 1. The topological polar surface area (TPSA) is 108 Å². The molecule has 0 aliphatic carbocycles. The molecule has 0 atom stereocenters. The lowest BCUT2D eigenvalue weighted by Gasteiger charge is -2.12. The Balaban J connectivity index is 1.38. The van der Waals surface area contributed by atoms with Crippen LogP contribution in [0.5, 0.6) is 5.75 Å². The first-order valence-electron chi connectivity index (χ1n) is 13.1.